The molecule has 0 amide bonds. The average Bonchev–Trinajstić information content (AvgIpc) is 2.05. The predicted octanol–water partition coefficient (Wildman–Crippen LogP) is 2.75. The molecule has 60 valence electrons. The Morgan fingerprint density at radius 2 is 2.36 bits per heavy atom. The van der Waals surface area contributed by atoms with E-state index in [2.05, 4.69) is 36.8 Å². The second-order valence-electron chi connectivity index (χ2n) is 1.91. The lowest BCUT2D eigenvalue weighted by Gasteiger charge is -2.04. The predicted molar refractivity (Wildman–Crippen MR) is 51.1 cm³/mol. The summed E-state index contributed by atoms with van der Waals surface area (Å²) in [5.74, 6) is 0.814. The van der Waals surface area contributed by atoms with E-state index < -0.39 is 0 Å². The monoisotopic (exact) mass is 279 g/mol. The minimum absolute atomic E-state index is 0.727. The van der Waals surface area contributed by atoms with Crippen molar-refractivity contribution in [3.05, 3.63) is 22.4 Å². The van der Waals surface area contributed by atoms with Gasteiger partial charge in [-0.2, -0.15) is 0 Å². The van der Waals surface area contributed by atoms with Crippen LogP contribution in [0.15, 0.2) is 16.7 Å². The first-order chi connectivity index (χ1) is 5.29. The van der Waals surface area contributed by atoms with Crippen LogP contribution in [0.4, 0.5) is 0 Å². The third-order valence-electron chi connectivity index (χ3n) is 1.27. The zero-order valence-electron chi connectivity index (χ0n) is 5.97. The largest absolute Gasteiger partial charge is 0.495 e. The van der Waals surface area contributed by atoms with E-state index in [1.54, 1.807) is 13.3 Å². The lowest BCUT2D eigenvalue weighted by atomic mass is 10.3. The smallest absolute Gasteiger partial charge is 0.136 e. The standard InChI is InChI=1S/C7H7Br2NO/c1-11-6-2-3-10-5(4-8)7(6)9/h2-3H,4H2,1H3. The number of aromatic nitrogens is 1. The average molecular weight is 281 g/mol. The zero-order valence-corrected chi connectivity index (χ0v) is 9.15. The summed E-state index contributed by atoms with van der Waals surface area (Å²) >= 11 is 6.71. The molecule has 0 atom stereocenters. The van der Waals surface area contributed by atoms with E-state index in [-0.39, 0.29) is 0 Å². The number of hydrogen-bond acceptors (Lipinski definition) is 2. The molecular weight excluding hydrogens is 274 g/mol. The lowest BCUT2D eigenvalue weighted by Crippen LogP contribution is -1.90. The molecule has 0 saturated heterocycles. The summed E-state index contributed by atoms with van der Waals surface area (Å²) in [4.78, 5) is 4.13. The van der Waals surface area contributed by atoms with Crippen LogP contribution in [-0.4, -0.2) is 12.1 Å². The van der Waals surface area contributed by atoms with Gasteiger partial charge in [0.2, 0.25) is 0 Å². The second kappa shape index (κ2) is 4.07. The van der Waals surface area contributed by atoms with E-state index in [4.69, 9.17) is 4.74 Å². The van der Waals surface area contributed by atoms with Gasteiger partial charge < -0.3 is 4.74 Å². The van der Waals surface area contributed by atoms with Crippen molar-refractivity contribution in [1.82, 2.24) is 4.98 Å². The molecule has 0 aliphatic heterocycles. The fourth-order valence-corrected chi connectivity index (χ4v) is 2.06. The van der Waals surface area contributed by atoms with E-state index >= 15 is 0 Å². The first-order valence-electron chi connectivity index (χ1n) is 3.03. The van der Waals surface area contributed by atoms with Gasteiger partial charge in [-0.05, 0) is 22.0 Å². The molecular formula is C7H7Br2NO. The molecule has 0 N–H and O–H groups in total. The molecule has 1 heterocycles. The van der Waals surface area contributed by atoms with Crippen LogP contribution in [0.2, 0.25) is 0 Å². The number of hydrogen-bond donors (Lipinski definition) is 0. The normalized spacial score (nSPS) is 9.73. The van der Waals surface area contributed by atoms with Gasteiger partial charge in [0.1, 0.15) is 5.75 Å². The Morgan fingerprint density at radius 1 is 1.64 bits per heavy atom. The third kappa shape index (κ3) is 1.93. The highest BCUT2D eigenvalue weighted by Crippen LogP contribution is 2.27. The molecule has 0 bridgehead atoms. The van der Waals surface area contributed by atoms with Crippen LogP contribution in [0.5, 0.6) is 5.75 Å². The summed E-state index contributed by atoms with van der Waals surface area (Å²) in [5, 5.41) is 0.727. The van der Waals surface area contributed by atoms with Crippen LogP contribution in [0.3, 0.4) is 0 Å². The molecule has 0 fully saturated rings. The van der Waals surface area contributed by atoms with E-state index in [1.165, 1.54) is 0 Å². The number of methoxy groups -OCH3 is 1. The van der Waals surface area contributed by atoms with Gasteiger partial charge in [0.05, 0.1) is 17.3 Å². The molecule has 1 aromatic heterocycles. The summed E-state index contributed by atoms with van der Waals surface area (Å²) in [5.41, 5.74) is 0.948. The SMILES string of the molecule is COc1ccnc(CBr)c1Br. The van der Waals surface area contributed by atoms with Crippen molar-refractivity contribution in [3.63, 3.8) is 0 Å². The van der Waals surface area contributed by atoms with Crippen LogP contribution >= 0.6 is 31.9 Å². The second-order valence-corrected chi connectivity index (χ2v) is 3.26. The Kier molecular flexibility index (Phi) is 3.33. The van der Waals surface area contributed by atoms with E-state index in [0.29, 0.717) is 0 Å². The molecule has 1 rings (SSSR count). The van der Waals surface area contributed by atoms with Crippen LogP contribution in [-0.2, 0) is 5.33 Å². The van der Waals surface area contributed by atoms with Crippen LogP contribution in [0, 0.1) is 0 Å². The van der Waals surface area contributed by atoms with Crippen molar-refractivity contribution in [2.75, 3.05) is 7.11 Å². The highest BCUT2D eigenvalue weighted by Gasteiger charge is 2.04. The molecule has 11 heavy (non-hydrogen) atoms. The number of ether oxygens (including phenoxy) is 1. The third-order valence-corrected chi connectivity index (χ3v) is 2.65. The minimum Gasteiger partial charge on any atom is -0.495 e. The van der Waals surface area contributed by atoms with Crippen LogP contribution < -0.4 is 4.74 Å². The maximum absolute atomic E-state index is 5.08. The van der Waals surface area contributed by atoms with Gasteiger partial charge in [0, 0.05) is 11.5 Å². The Morgan fingerprint density at radius 3 is 2.91 bits per heavy atom. The van der Waals surface area contributed by atoms with Crippen molar-refractivity contribution in [1.29, 1.82) is 0 Å². The van der Waals surface area contributed by atoms with Crippen LogP contribution in [0.1, 0.15) is 5.69 Å². The van der Waals surface area contributed by atoms with Gasteiger partial charge in [-0.25, -0.2) is 0 Å². The minimum atomic E-state index is 0.727. The van der Waals surface area contributed by atoms with Gasteiger partial charge in [-0.1, -0.05) is 15.9 Å². The topological polar surface area (TPSA) is 22.1 Å². The Balaban J connectivity index is 3.10. The van der Waals surface area contributed by atoms with Gasteiger partial charge in [-0.15, -0.1) is 0 Å². The first kappa shape index (κ1) is 9.00. The van der Waals surface area contributed by atoms with E-state index in [0.717, 1.165) is 21.2 Å². The quantitative estimate of drug-likeness (QED) is 0.777. The Bertz CT molecular complexity index is 230. The number of pyridine rings is 1. The highest BCUT2D eigenvalue weighted by molar-refractivity contribution is 9.10. The van der Waals surface area contributed by atoms with Gasteiger partial charge in [-0.3, -0.25) is 4.98 Å². The molecule has 0 aliphatic carbocycles. The fourth-order valence-electron chi connectivity index (χ4n) is 0.718. The van der Waals surface area contributed by atoms with E-state index in [1.807, 2.05) is 6.07 Å². The molecule has 0 saturated carbocycles. The Hall–Kier alpha value is -0.0900. The molecule has 0 aliphatic rings. The number of nitrogens with zero attached hydrogens (tertiary/aromatic N) is 1. The zero-order chi connectivity index (χ0) is 8.27. The lowest BCUT2D eigenvalue weighted by molar-refractivity contribution is 0.411. The van der Waals surface area contributed by atoms with Gasteiger partial charge in [0.25, 0.3) is 0 Å². The summed E-state index contributed by atoms with van der Waals surface area (Å²) in [6.45, 7) is 0. The number of alkyl halides is 1. The van der Waals surface area contributed by atoms with Crippen molar-refractivity contribution in [3.8, 4) is 5.75 Å². The van der Waals surface area contributed by atoms with Crippen molar-refractivity contribution in [2.24, 2.45) is 0 Å². The molecule has 0 unspecified atom stereocenters. The van der Waals surface area contributed by atoms with Gasteiger partial charge in [0.15, 0.2) is 0 Å². The summed E-state index contributed by atoms with van der Waals surface area (Å²) in [6, 6.07) is 1.82. The summed E-state index contributed by atoms with van der Waals surface area (Å²) < 4.78 is 6.00. The molecule has 1 aromatic rings. The molecule has 0 aromatic carbocycles. The number of halogens is 2. The summed E-state index contributed by atoms with van der Waals surface area (Å²) in [7, 11) is 1.64. The van der Waals surface area contributed by atoms with Crippen molar-refractivity contribution in [2.45, 2.75) is 5.33 Å². The Labute approximate surface area is 82.2 Å². The molecule has 4 heteroatoms. The van der Waals surface area contributed by atoms with Crippen molar-refractivity contribution >= 4 is 31.9 Å². The number of rotatable bonds is 2. The molecule has 0 radical (unpaired) electrons. The molecule has 0 spiro atoms. The van der Waals surface area contributed by atoms with Gasteiger partial charge >= 0.3 is 0 Å². The summed E-state index contributed by atoms with van der Waals surface area (Å²) in [6.07, 6.45) is 1.72. The first-order valence-corrected chi connectivity index (χ1v) is 4.94. The molecule has 2 nitrogen and oxygen atoms in total. The van der Waals surface area contributed by atoms with Crippen molar-refractivity contribution < 1.29 is 4.74 Å². The maximum atomic E-state index is 5.08. The van der Waals surface area contributed by atoms with Crippen LogP contribution in [0.25, 0.3) is 0 Å². The highest BCUT2D eigenvalue weighted by atomic mass is 79.9. The maximum Gasteiger partial charge on any atom is 0.136 e. The fraction of sp³-hybridized carbons (Fsp3) is 0.286. The van der Waals surface area contributed by atoms with E-state index in [9.17, 15) is 0 Å².